The molecule has 2 aromatic rings. The minimum Gasteiger partial charge on any atom is -0.300 e. The Hall–Kier alpha value is -2.74. The van der Waals surface area contributed by atoms with E-state index in [4.69, 9.17) is 10.0 Å². The van der Waals surface area contributed by atoms with E-state index in [9.17, 15) is 9.59 Å². The second kappa shape index (κ2) is 7.65. The second-order valence-electron chi connectivity index (χ2n) is 6.24. The summed E-state index contributed by atoms with van der Waals surface area (Å²) in [5.74, 6) is -0.922. The van der Waals surface area contributed by atoms with Crippen LogP contribution < -0.4 is 5.48 Å². The molecule has 0 spiro atoms. The van der Waals surface area contributed by atoms with Crippen LogP contribution in [0.2, 0.25) is 0 Å². The molecule has 26 heavy (non-hydrogen) atoms. The van der Waals surface area contributed by atoms with Crippen molar-refractivity contribution in [3.63, 3.8) is 0 Å². The van der Waals surface area contributed by atoms with Crippen LogP contribution in [-0.2, 0) is 11.4 Å². The number of hydrogen-bond donors (Lipinski definition) is 2. The molecule has 1 heterocycles. The van der Waals surface area contributed by atoms with Gasteiger partial charge in [-0.3, -0.25) is 24.5 Å². The topological polar surface area (TPSA) is 82.1 Å². The first kappa shape index (κ1) is 18.1. The van der Waals surface area contributed by atoms with Crippen molar-refractivity contribution in [2.75, 3.05) is 20.7 Å². The number of nitrogens with one attached hydrogen (secondary N) is 1. The number of fused-ring (bicyclic) bond motifs is 1. The number of nitrogens with zero attached hydrogens (tertiary/aromatic N) is 2. The summed E-state index contributed by atoms with van der Waals surface area (Å²) < 4.78 is 0. The van der Waals surface area contributed by atoms with E-state index in [1.807, 2.05) is 25.2 Å². The van der Waals surface area contributed by atoms with E-state index in [0.29, 0.717) is 12.1 Å². The zero-order valence-corrected chi connectivity index (χ0v) is 14.7. The van der Waals surface area contributed by atoms with Crippen LogP contribution in [0.25, 0.3) is 0 Å². The number of hydrogen-bond acceptors (Lipinski definition) is 5. The van der Waals surface area contributed by atoms with Crippen molar-refractivity contribution in [1.29, 1.82) is 0 Å². The van der Waals surface area contributed by atoms with Gasteiger partial charge in [0.05, 0.1) is 13.2 Å². The Morgan fingerprint density at radius 2 is 1.81 bits per heavy atom. The third-order valence-corrected chi connectivity index (χ3v) is 4.51. The van der Waals surface area contributed by atoms with E-state index < -0.39 is 5.91 Å². The maximum Gasteiger partial charge on any atom is 0.278 e. The summed E-state index contributed by atoms with van der Waals surface area (Å²) in [5.41, 5.74) is 4.45. The van der Waals surface area contributed by atoms with Gasteiger partial charge in [0.25, 0.3) is 11.8 Å². The van der Waals surface area contributed by atoms with Crippen molar-refractivity contribution in [2.24, 2.45) is 0 Å². The summed E-state index contributed by atoms with van der Waals surface area (Å²) in [7, 11) is 3.48. The molecule has 3 rings (SSSR count). The first-order valence-corrected chi connectivity index (χ1v) is 8.23. The van der Waals surface area contributed by atoms with Crippen molar-refractivity contribution < 1.29 is 19.6 Å². The van der Waals surface area contributed by atoms with Crippen molar-refractivity contribution >= 4 is 11.8 Å². The van der Waals surface area contributed by atoms with Gasteiger partial charge in [0.15, 0.2) is 0 Å². The molecule has 0 fully saturated rings. The number of carbonyl (C=O) groups excluding carboxylic acids is 2. The molecule has 0 aromatic heterocycles. The van der Waals surface area contributed by atoms with Gasteiger partial charge in [0, 0.05) is 24.2 Å². The molecule has 7 nitrogen and oxygen atoms in total. The SMILES string of the molecule is CON(C(=O)c1ccc(C(=O)NO)cc1)C1CN(C)Cc2ccccc21. The molecule has 0 saturated carbocycles. The molecule has 1 aliphatic rings. The molecule has 1 aliphatic heterocycles. The van der Waals surface area contributed by atoms with Crippen LogP contribution in [0.5, 0.6) is 0 Å². The van der Waals surface area contributed by atoms with Crippen LogP contribution in [0.1, 0.15) is 37.9 Å². The van der Waals surface area contributed by atoms with Gasteiger partial charge in [-0.05, 0) is 42.4 Å². The molecule has 0 saturated heterocycles. The lowest BCUT2D eigenvalue weighted by Crippen LogP contribution is -2.43. The predicted molar refractivity (Wildman–Crippen MR) is 94.4 cm³/mol. The molecular weight excluding hydrogens is 334 g/mol. The summed E-state index contributed by atoms with van der Waals surface area (Å²) in [5, 5.41) is 10.1. The molecule has 0 radical (unpaired) electrons. The minimum absolute atomic E-state index is 0.233. The Kier molecular flexibility index (Phi) is 5.32. The molecule has 2 amide bonds. The fourth-order valence-electron chi connectivity index (χ4n) is 3.26. The zero-order chi connectivity index (χ0) is 18.7. The summed E-state index contributed by atoms with van der Waals surface area (Å²) in [4.78, 5) is 32.0. The third-order valence-electron chi connectivity index (χ3n) is 4.51. The van der Waals surface area contributed by atoms with Crippen LogP contribution >= 0.6 is 0 Å². The van der Waals surface area contributed by atoms with E-state index in [0.717, 1.165) is 17.7 Å². The van der Waals surface area contributed by atoms with E-state index in [-0.39, 0.29) is 17.5 Å². The van der Waals surface area contributed by atoms with Gasteiger partial charge in [0.2, 0.25) is 0 Å². The highest BCUT2D eigenvalue weighted by Crippen LogP contribution is 2.31. The summed E-state index contributed by atoms with van der Waals surface area (Å²) in [6.45, 7) is 1.48. The molecule has 1 atom stereocenters. The highest BCUT2D eigenvalue weighted by atomic mass is 16.7. The number of rotatable bonds is 4. The molecule has 2 aromatic carbocycles. The summed E-state index contributed by atoms with van der Waals surface area (Å²) >= 11 is 0. The molecule has 1 unspecified atom stereocenters. The highest BCUT2D eigenvalue weighted by molar-refractivity contribution is 5.97. The average Bonchev–Trinajstić information content (AvgIpc) is 2.67. The summed E-state index contributed by atoms with van der Waals surface area (Å²) in [6, 6.07) is 13.8. The Bertz CT molecular complexity index is 807. The van der Waals surface area contributed by atoms with E-state index in [1.165, 1.54) is 36.4 Å². The van der Waals surface area contributed by atoms with Gasteiger partial charge < -0.3 is 0 Å². The van der Waals surface area contributed by atoms with Crippen LogP contribution in [0, 0.1) is 0 Å². The van der Waals surface area contributed by atoms with Gasteiger partial charge in [-0.2, -0.15) is 0 Å². The Morgan fingerprint density at radius 1 is 1.15 bits per heavy atom. The third kappa shape index (κ3) is 3.45. The number of hydroxylamine groups is 3. The fraction of sp³-hybridized carbons (Fsp3) is 0.263. The molecule has 0 aliphatic carbocycles. The van der Waals surface area contributed by atoms with E-state index in [1.54, 1.807) is 5.48 Å². The average molecular weight is 355 g/mol. The first-order chi connectivity index (χ1) is 12.5. The minimum atomic E-state index is -0.629. The van der Waals surface area contributed by atoms with Crippen LogP contribution in [0.4, 0.5) is 0 Å². The van der Waals surface area contributed by atoms with Gasteiger partial charge in [0.1, 0.15) is 0 Å². The normalized spacial score (nSPS) is 16.7. The smallest absolute Gasteiger partial charge is 0.278 e. The Labute approximate surface area is 151 Å². The largest absolute Gasteiger partial charge is 0.300 e. The van der Waals surface area contributed by atoms with Crippen molar-refractivity contribution in [3.8, 4) is 0 Å². The number of likely N-dealkylation sites (N-methyl/N-ethyl adjacent to an activating group) is 1. The Balaban J connectivity index is 1.89. The second-order valence-corrected chi connectivity index (χ2v) is 6.24. The quantitative estimate of drug-likeness (QED) is 0.647. The van der Waals surface area contributed by atoms with E-state index >= 15 is 0 Å². The van der Waals surface area contributed by atoms with Gasteiger partial charge in [-0.1, -0.05) is 24.3 Å². The lowest BCUT2D eigenvalue weighted by atomic mass is 9.95. The number of benzene rings is 2. The van der Waals surface area contributed by atoms with E-state index in [2.05, 4.69) is 11.0 Å². The monoisotopic (exact) mass is 355 g/mol. The maximum atomic E-state index is 13.0. The van der Waals surface area contributed by atoms with Gasteiger partial charge in [-0.15, -0.1) is 0 Å². The predicted octanol–water partition coefficient (Wildman–Crippen LogP) is 2.00. The van der Waals surface area contributed by atoms with Crippen molar-refractivity contribution in [2.45, 2.75) is 12.6 Å². The van der Waals surface area contributed by atoms with Gasteiger partial charge in [-0.25, -0.2) is 10.5 Å². The molecule has 136 valence electrons. The fourth-order valence-corrected chi connectivity index (χ4v) is 3.26. The van der Waals surface area contributed by atoms with Crippen LogP contribution in [0.15, 0.2) is 48.5 Å². The maximum absolute atomic E-state index is 13.0. The molecule has 2 N–H and O–H groups in total. The standard InChI is InChI=1S/C19H21N3O4/c1-21-11-15-5-3-4-6-16(15)17(12-21)22(26-2)19(24)14-9-7-13(8-10-14)18(23)20-25/h3-10,17,25H,11-12H2,1-2H3,(H,20,23). The Morgan fingerprint density at radius 3 is 2.46 bits per heavy atom. The van der Waals surface area contributed by atoms with Crippen molar-refractivity contribution in [3.05, 3.63) is 70.8 Å². The lowest BCUT2D eigenvalue weighted by molar-refractivity contribution is -0.131. The lowest BCUT2D eigenvalue weighted by Gasteiger charge is -2.37. The first-order valence-electron chi connectivity index (χ1n) is 8.23. The number of carbonyl (C=O) groups is 2. The summed E-state index contributed by atoms with van der Waals surface area (Å²) in [6.07, 6.45) is 0. The zero-order valence-electron chi connectivity index (χ0n) is 14.7. The van der Waals surface area contributed by atoms with Crippen LogP contribution in [-0.4, -0.2) is 47.7 Å². The highest BCUT2D eigenvalue weighted by Gasteiger charge is 2.32. The molecule has 7 heteroatoms. The number of amides is 2. The van der Waals surface area contributed by atoms with Gasteiger partial charge >= 0.3 is 0 Å². The molecule has 0 bridgehead atoms. The van der Waals surface area contributed by atoms with Crippen molar-refractivity contribution in [1.82, 2.24) is 15.4 Å². The van der Waals surface area contributed by atoms with Crippen LogP contribution in [0.3, 0.4) is 0 Å². The molecular formula is C19H21N3O4.